The number of H-pyrrole nitrogens is 1. The SMILES string of the molecule is CCc1ccccc1Nc1nnc(Cc2cccs2)c(=O)[nH]1. The van der Waals surface area contributed by atoms with E-state index in [-0.39, 0.29) is 5.56 Å². The van der Waals surface area contributed by atoms with Crippen LogP contribution >= 0.6 is 11.3 Å². The van der Waals surface area contributed by atoms with Crippen LogP contribution in [0.2, 0.25) is 0 Å². The van der Waals surface area contributed by atoms with Crippen molar-refractivity contribution in [2.45, 2.75) is 19.8 Å². The van der Waals surface area contributed by atoms with E-state index in [9.17, 15) is 4.79 Å². The number of thiophene rings is 1. The van der Waals surface area contributed by atoms with Gasteiger partial charge in [-0.25, -0.2) is 0 Å². The van der Waals surface area contributed by atoms with Crippen molar-refractivity contribution in [3.8, 4) is 0 Å². The predicted molar refractivity (Wildman–Crippen MR) is 88.9 cm³/mol. The van der Waals surface area contributed by atoms with Crippen LogP contribution in [-0.2, 0) is 12.8 Å². The van der Waals surface area contributed by atoms with E-state index >= 15 is 0 Å². The fraction of sp³-hybridized carbons (Fsp3) is 0.188. The first-order valence-electron chi connectivity index (χ1n) is 7.09. The van der Waals surface area contributed by atoms with Crippen molar-refractivity contribution < 1.29 is 0 Å². The van der Waals surface area contributed by atoms with Gasteiger partial charge in [0.15, 0.2) is 0 Å². The molecule has 0 unspecified atom stereocenters. The maximum atomic E-state index is 12.1. The van der Waals surface area contributed by atoms with Crippen LogP contribution in [0.3, 0.4) is 0 Å². The minimum Gasteiger partial charge on any atom is -0.324 e. The van der Waals surface area contributed by atoms with E-state index in [1.54, 1.807) is 11.3 Å². The minimum atomic E-state index is -0.208. The lowest BCUT2D eigenvalue weighted by Crippen LogP contribution is -2.18. The van der Waals surface area contributed by atoms with E-state index in [1.165, 1.54) is 0 Å². The number of hydrogen-bond donors (Lipinski definition) is 2. The van der Waals surface area contributed by atoms with Crippen LogP contribution in [0.1, 0.15) is 23.1 Å². The van der Waals surface area contributed by atoms with Gasteiger partial charge in [-0.2, -0.15) is 0 Å². The molecule has 0 fully saturated rings. The van der Waals surface area contributed by atoms with Crippen LogP contribution in [-0.4, -0.2) is 15.2 Å². The highest BCUT2D eigenvalue weighted by atomic mass is 32.1. The number of benzene rings is 1. The van der Waals surface area contributed by atoms with E-state index in [1.807, 2.05) is 41.8 Å². The first-order chi connectivity index (χ1) is 10.8. The molecule has 2 heterocycles. The number of nitrogens with one attached hydrogen (secondary N) is 2. The van der Waals surface area contributed by atoms with Crippen molar-refractivity contribution in [1.82, 2.24) is 15.2 Å². The van der Waals surface area contributed by atoms with Crippen LogP contribution < -0.4 is 10.9 Å². The molecule has 1 aromatic carbocycles. The number of para-hydroxylation sites is 1. The van der Waals surface area contributed by atoms with Crippen molar-refractivity contribution in [3.05, 3.63) is 68.3 Å². The van der Waals surface area contributed by atoms with Crippen LogP contribution in [0.5, 0.6) is 0 Å². The summed E-state index contributed by atoms with van der Waals surface area (Å²) in [6, 6.07) is 11.9. The zero-order valence-electron chi connectivity index (χ0n) is 12.2. The van der Waals surface area contributed by atoms with Gasteiger partial charge in [-0.1, -0.05) is 31.2 Å². The van der Waals surface area contributed by atoms with E-state index in [2.05, 4.69) is 27.4 Å². The summed E-state index contributed by atoms with van der Waals surface area (Å²) in [6.45, 7) is 2.08. The van der Waals surface area contributed by atoms with Crippen molar-refractivity contribution in [1.29, 1.82) is 0 Å². The summed E-state index contributed by atoms with van der Waals surface area (Å²) in [5.74, 6) is 0.362. The third kappa shape index (κ3) is 3.23. The Labute approximate surface area is 132 Å². The van der Waals surface area contributed by atoms with Crippen molar-refractivity contribution in [2.75, 3.05) is 5.32 Å². The van der Waals surface area contributed by atoms with Crippen LogP contribution in [0, 0.1) is 0 Å². The predicted octanol–water partition coefficient (Wildman–Crippen LogP) is 3.12. The van der Waals surface area contributed by atoms with Crippen molar-refractivity contribution in [2.24, 2.45) is 0 Å². The Hall–Kier alpha value is -2.47. The van der Waals surface area contributed by atoms with Crippen molar-refractivity contribution >= 4 is 23.0 Å². The normalized spacial score (nSPS) is 10.6. The molecule has 0 saturated heterocycles. The summed E-state index contributed by atoms with van der Waals surface area (Å²) in [4.78, 5) is 16.0. The van der Waals surface area contributed by atoms with Gasteiger partial charge in [-0.15, -0.1) is 21.5 Å². The van der Waals surface area contributed by atoms with E-state index in [0.29, 0.717) is 18.1 Å². The van der Waals surface area contributed by atoms with E-state index in [0.717, 1.165) is 22.5 Å². The number of aromatic nitrogens is 3. The Balaban J connectivity index is 1.81. The maximum Gasteiger partial charge on any atom is 0.274 e. The summed E-state index contributed by atoms with van der Waals surface area (Å²) in [5.41, 5.74) is 2.31. The fourth-order valence-corrected chi connectivity index (χ4v) is 2.90. The summed E-state index contributed by atoms with van der Waals surface area (Å²) in [7, 11) is 0. The Kier molecular flexibility index (Phi) is 4.29. The molecular formula is C16H16N4OS. The number of aromatic amines is 1. The first kappa shape index (κ1) is 14.5. The summed E-state index contributed by atoms with van der Waals surface area (Å²) in [6.07, 6.45) is 1.41. The van der Waals surface area contributed by atoms with Crippen LogP contribution in [0.4, 0.5) is 11.6 Å². The average Bonchev–Trinajstić information content (AvgIpc) is 3.04. The molecule has 3 aromatic rings. The Morgan fingerprint density at radius 1 is 1.18 bits per heavy atom. The quantitative estimate of drug-likeness (QED) is 0.759. The van der Waals surface area contributed by atoms with Gasteiger partial charge in [-0.3, -0.25) is 9.78 Å². The van der Waals surface area contributed by atoms with Gasteiger partial charge in [0.25, 0.3) is 5.56 Å². The molecule has 3 rings (SSSR count). The molecule has 0 radical (unpaired) electrons. The zero-order valence-corrected chi connectivity index (χ0v) is 13.0. The topological polar surface area (TPSA) is 70.7 Å². The molecule has 2 aromatic heterocycles. The molecule has 0 atom stereocenters. The molecule has 0 amide bonds. The monoisotopic (exact) mass is 312 g/mol. The second-order valence-corrected chi connectivity index (χ2v) is 5.87. The maximum absolute atomic E-state index is 12.1. The molecule has 0 aliphatic rings. The molecular weight excluding hydrogens is 296 g/mol. The number of rotatable bonds is 5. The molecule has 6 heteroatoms. The average molecular weight is 312 g/mol. The van der Waals surface area contributed by atoms with Crippen LogP contribution in [0.15, 0.2) is 46.6 Å². The highest BCUT2D eigenvalue weighted by Crippen LogP contribution is 2.18. The molecule has 0 aliphatic heterocycles. The zero-order chi connectivity index (χ0) is 15.4. The van der Waals surface area contributed by atoms with Gasteiger partial charge in [0.1, 0.15) is 5.69 Å². The first-order valence-corrected chi connectivity index (χ1v) is 7.97. The summed E-state index contributed by atoms with van der Waals surface area (Å²) in [5, 5.41) is 13.2. The van der Waals surface area contributed by atoms with Gasteiger partial charge >= 0.3 is 0 Å². The van der Waals surface area contributed by atoms with E-state index in [4.69, 9.17) is 0 Å². The third-order valence-electron chi connectivity index (χ3n) is 3.34. The molecule has 0 aliphatic carbocycles. The van der Waals surface area contributed by atoms with E-state index < -0.39 is 0 Å². The molecule has 112 valence electrons. The van der Waals surface area contributed by atoms with Gasteiger partial charge in [0, 0.05) is 17.0 Å². The largest absolute Gasteiger partial charge is 0.324 e. The second-order valence-electron chi connectivity index (χ2n) is 4.84. The lowest BCUT2D eigenvalue weighted by atomic mass is 10.1. The summed E-state index contributed by atoms with van der Waals surface area (Å²) < 4.78 is 0. The second kappa shape index (κ2) is 6.53. The Morgan fingerprint density at radius 2 is 2.05 bits per heavy atom. The number of aryl methyl sites for hydroxylation is 1. The molecule has 0 spiro atoms. The smallest absolute Gasteiger partial charge is 0.274 e. The molecule has 2 N–H and O–H groups in total. The molecule has 5 nitrogen and oxygen atoms in total. The fourth-order valence-electron chi connectivity index (χ4n) is 2.19. The standard InChI is InChI=1S/C16H16N4OS/c1-2-11-6-3-4-8-13(11)17-16-18-15(21)14(19-20-16)10-12-7-5-9-22-12/h3-9H,2,10H2,1H3,(H2,17,18,20,21). The van der Waals surface area contributed by atoms with Crippen molar-refractivity contribution in [3.63, 3.8) is 0 Å². The third-order valence-corrected chi connectivity index (χ3v) is 4.21. The lowest BCUT2D eigenvalue weighted by Gasteiger charge is -2.09. The summed E-state index contributed by atoms with van der Waals surface area (Å²) >= 11 is 1.60. The van der Waals surface area contributed by atoms with Gasteiger partial charge < -0.3 is 5.32 Å². The highest BCUT2D eigenvalue weighted by Gasteiger charge is 2.08. The lowest BCUT2D eigenvalue weighted by molar-refractivity contribution is 0.878. The number of hydrogen-bond acceptors (Lipinski definition) is 5. The highest BCUT2D eigenvalue weighted by molar-refractivity contribution is 7.09. The minimum absolute atomic E-state index is 0.208. The van der Waals surface area contributed by atoms with Gasteiger partial charge in [0.05, 0.1) is 0 Å². The molecule has 0 saturated carbocycles. The van der Waals surface area contributed by atoms with Gasteiger partial charge in [-0.05, 0) is 29.5 Å². The van der Waals surface area contributed by atoms with Gasteiger partial charge in [0.2, 0.25) is 5.95 Å². The molecule has 22 heavy (non-hydrogen) atoms. The number of nitrogens with zero attached hydrogens (tertiary/aromatic N) is 2. The Morgan fingerprint density at radius 3 is 2.77 bits per heavy atom. The van der Waals surface area contributed by atoms with Crippen LogP contribution in [0.25, 0.3) is 0 Å². The molecule has 0 bridgehead atoms. The Bertz CT molecular complexity index is 811. The number of anilines is 2.